The Hall–Kier alpha value is -2.07. The van der Waals surface area contributed by atoms with Crippen molar-refractivity contribution in [1.29, 1.82) is 0 Å². The summed E-state index contributed by atoms with van der Waals surface area (Å²) in [5.74, 6) is -0.330. The minimum absolute atomic E-state index is 0.137. The van der Waals surface area contributed by atoms with E-state index in [9.17, 15) is 9.59 Å². The molecule has 4 nitrogen and oxygen atoms in total. The van der Waals surface area contributed by atoms with Crippen molar-refractivity contribution in [1.82, 2.24) is 5.32 Å². The maximum absolute atomic E-state index is 11.6. The van der Waals surface area contributed by atoms with Crippen molar-refractivity contribution in [2.24, 2.45) is 0 Å². The monoisotopic (exact) mass is 335 g/mol. The molecule has 124 valence electrons. The average molecular weight is 336 g/mol. The van der Waals surface area contributed by atoms with Gasteiger partial charge in [0.25, 0.3) is 0 Å². The van der Waals surface area contributed by atoms with Crippen molar-refractivity contribution >= 4 is 29.6 Å². The maximum atomic E-state index is 11.6. The first-order valence-corrected chi connectivity index (χ1v) is 7.95. The number of esters is 1. The largest absolute Gasteiger partial charge is 0.469 e. The molecule has 0 radical (unpaired) electrons. The van der Waals surface area contributed by atoms with E-state index in [2.05, 4.69) is 10.1 Å². The molecule has 0 aliphatic heterocycles. The summed E-state index contributed by atoms with van der Waals surface area (Å²) in [5.41, 5.74) is 0.907. The van der Waals surface area contributed by atoms with Gasteiger partial charge < -0.3 is 10.1 Å². The van der Waals surface area contributed by atoms with Gasteiger partial charge in [-0.25, -0.2) is 0 Å². The predicted molar refractivity (Wildman–Crippen MR) is 93.1 cm³/mol. The third kappa shape index (κ3) is 8.83. The number of hydrogen-bond donors (Lipinski definition) is 1. The van der Waals surface area contributed by atoms with Crippen LogP contribution in [0.3, 0.4) is 0 Å². The van der Waals surface area contributed by atoms with Gasteiger partial charge in [-0.1, -0.05) is 54.4 Å². The highest BCUT2D eigenvalue weighted by Gasteiger charge is 1.99. The quantitative estimate of drug-likeness (QED) is 0.323. The van der Waals surface area contributed by atoms with Gasteiger partial charge in [-0.3, -0.25) is 9.59 Å². The zero-order valence-electron chi connectivity index (χ0n) is 13.3. The van der Waals surface area contributed by atoms with E-state index < -0.39 is 0 Å². The number of ether oxygens (including phenoxy) is 1. The lowest BCUT2D eigenvalue weighted by atomic mass is 10.2. The zero-order chi connectivity index (χ0) is 16.9. The molecular formula is C18H22ClNO3. The average Bonchev–Trinajstić information content (AvgIpc) is 2.56. The number of hydrogen-bond acceptors (Lipinski definition) is 3. The summed E-state index contributed by atoms with van der Waals surface area (Å²) in [4.78, 5) is 22.5. The van der Waals surface area contributed by atoms with Gasteiger partial charge in [-0.2, -0.15) is 0 Å². The fourth-order valence-electron chi connectivity index (χ4n) is 1.86. The molecule has 0 heterocycles. The van der Waals surface area contributed by atoms with Crippen molar-refractivity contribution in [2.75, 3.05) is 13.7 Å². The molecule has 0 aliphatic carbocycles. The Balaban J connectivity index is 2.16. The molecule has 0 unspecified atom stereocenters. The molecule has 1 N–H and O–H groups in total. The molecule has 0 aliphatic rings. The second-order valence-corrected chi connectivity index (χ2v) is 5.32. The molecule has 0 atom stereocenters. The fourth-order valence-corrected chi connectivity index (χ4v) is 2.05. The third-order valence-corrected chi connectivity index (χ3v) is 3.47. The van der Waals surface area contributed by atoms with Crippen molar-refractivity contribution in [2.45, 2.75) is 25.7 Å². The lowest BCUT2D eigenvalue weighted by Crippen LogP contribution is -2.22. The summed E-state index contributed by atoms with van der Waals surface area (Å²) in [6, 6.07) is 7.50. The Bertz CT molecular complexity index is 567. The fraction of sp³-hybridized carbons (Fsp3) is 0.333. The van der Waals surface area contributed by atoms with Crippen molar-refractivity contribution in [3.8, 4) is 0 Å². The highest BCUT2D eigenvalue weighted by atomic mass is 35.5. The van der Waals surface area contributed by atoms with Crippen molar-refractivity contribution in [3.05, 3.63) is 53.1 Å². The normalized spacial score (nSPS) is 11.0. The second kappa shape index (κ2) is 11.5. The van der Waals surface area contributed by atoms with E-state index in [0.29, 0.717) is 18.0 Å². The summed E-state index contributed by atoms with van der Waals surface area (Å²) in [6.45, 7) is 0.596. The highest BCUT2D eigenvalue weighted by molar-refractivity contribution is 6.32. The van der Waals surface area contributed by atoms with Crippen LogP contribution in [0.25, 0.3) is 6.08 Å². The molecule has 0 saturated carbocycles. The summed E-state index contributed by atoms with van der Waals surface area (Å²) < 4.78 is 4.56. The van der Waals surface area contributed by atoms with Crippen LogP contribution in [0, 0.1) is 0 Å². The maximum Gasteiger partial charge on any atom is 0.305 e. The molecule has 0 saturated heterocycles. The lowest BCUT2D eigenvalue weighted by molar-refractivity contribution is -0.140. The van der Waals surface area contributed by atoms with Crippen molar-refractivity contribution < 1.29 is 14.3 Å². The number of carbonyl (C=O) groups excluding carboxylic acids is 2. The van der Waals surface area contributed by atoms with Crippen LogP contribution in [-0.4, -0.2) is 25.5 Å². The number of methoxy groups -OCH3 is 1. The number of unbranched alkanes of at least 4 members (excludes halogenated alkanes) is 2. The highest BCUT2D eigenvalue weighted by Crippen LogP contribution is 2.16. The standard InChI is InChI=1S/C18H22ClNO3/c1-23-18(22)13-3-2-8-14-20-17(21)12-7-5-10-15-9-4-6-11-16(15)19/h4-7,9-12H,2-3,8,13-14H2,1H3,(H,20,21). The minimum atomic E-state index is -0.192. The summed E-state index contributed by atoms with van der Waals surface area (Å²) in [5, 5.41) is 3.47. The number of carbonyl (C=O) groups is 2. The Morgan fingerprint density at radius 3 is 2.70 bits per heavy atom. The Labute approximate surface area is 142 Å². The predicted octanol–water partition coefficient (Wildman–Crippen LogP) is 3.76. The Morgan fingerprint density at radius 2 is 1.96 bits per heavy atom. The van der Waals surface area contributed by atoms with Crippen molar-refractivity contribution in [3.63, 3.8) is 0 Å². The van der Waals surface area contributed by atoms with Crippen LogP contribution in [0.15, 0.2) is 42.5 Å². The van der Waals surface area contributed by atoms with Gasteiger partial charge in [0, 0.05) is 24.1 Å². The first kappa shape index (κ1) is 19.0. The second-order valence-electron chi connectivity index (χ2n) is 4.92. The Morgan fingerprint density at radius 1 is 1.17 bits per heavy atom. The zero-order valence-corrected chi connectivity index (χ0v) is 14.0. The van der Waals surface area contributed by atoms with Crippen LogP contribution in [0.1, 0.15) is 31.2 Å². The molecular weight excluding hydrogens is 314 g/mol. The number of benzene rings is 1. The lowest BCUT2D eigenvalue weighted by Gasteiger charge is -2.02. The van der Waals surface area contributed by atoms with Crippen LogP contribution < -0.4 is 5.32 Å². The number of rotatable bonds is 9. The summed E-state index contributed by atoms with van der Waals surface area (Å²) >= 11 is 6.02. The van der Waals surface area contributed by atoms with Gasteiger partial charge in [0.15, 0.2) is 0 Å². The number of amides is 1. The van der Waals surface area contributed by atoms with Crippen LogP contribution in [0.4, 0.5) is 0 Å². The first-order valence-electron chi connectivity index (χ1n) is 7.57. The van der Waals surface area contributed by atoms with E-state index in [0.717, 1.165) is 24.8 Å². The summed E-state index contributed by atoms with van der Waals surface area (Å²) in [6.07, 6.45) is 9.70. The number of halogens is 1. The van der Waals surface area contributed by atoms with E-state index in [4.69, 9.17) is 11.6 Å². The van der Waals surface area contributed by atoms with Gasteiger partial charge in [0.2, 0.25) is 5.91 Å². The Kier molecular flexibility index (Phi) is 9.48. The van der Waals surface area contributed by atoms with Gasteiger partial charge in [-0.05, 0) is 24.5 Å². The van der Waals surface area contributed by atoms with Gasteiger partial charge in [0.1, 0.15) is 0 Å². The molecule has 0 spiro atoms. The van der Waals surface area contributed by atoms with Gasteiger partial charge >= 0.3 is 5.97 Å². The van der Waals surface area contributed by atoms with Gasteiger partial charge in [-0.15, -0.1) is 0 Å². The molecule has 23 heavy (non-hydrogen) atoms. The third-order valence-electron chi connectivity index (χ3n) is 3.12. The first-order chi connectivity index (χ1) is 11.1. The molecule has 1 aromatic carbocycles. The SMILES string of the molecule is COC(=O)CCCCCNC(=O)C=CC=Cc1ccccc1Cl. The topological polar surface area (TPSA) is 55.4 Å². The van der Waals surface area contributed by atoms with Crippen LogP contribution >= 0.6 is 11.6 Å². The molecule has 1 amide bonds. The summed E-state index contributed by atoms with van der Waals surface area (Å²) in [7, 11) is 1.38. The molecule has 0 aromatic heterocycles. The molecule has 0 bridgehead atoms. The number of allylic oxidation sites excluding steroid dienone is 2. The van der Waals surface area contributed by atoms with E-state index in [-0.39, 0.29) is 11.9 Å². The number of nitrogens with one attached hydrogen (secondary N) is 1. The van der Waals surface area contributed by atoms with Crippen LogP contribution in [0.5, 0.6) is 0 Å². The van der Waals surface area contributed by atoms with Crippen LogP contribution in [-0.2, 0) is 14.3 Å². The van der Waals surface area contributed by atoms with E-state index in [1.807, 2.05) is 30.3 Å². The van der Waals surface area contributed by atoms with E-state index in [1.54, 1.807) is 12.2 Å². The van der Waals surface area contributed by atoms with Crippen LogP contribution in [0.2, 0.25) is 5.02 Å². The van der Waals surface area contributed by atoms with E-state index in [1.165, 1.54) is 13.2 Å². The molecule has 1 rings (SSSR count). The van der Waals surface area contributed by atoms with Gasteiger partial charge in [0.05, 0.1) is 7.11 Å². The molecule has 5 heteroatoms. The molecule has 0 fully saturated rings. The smallest absolute Gasteiger partial charge is 0.305 e. The minimum Gasteiger partial charge on any atom is -0.469 e. The van der Waals surface area contributed by atoms with E-state index >= 15 is 0 Å². The molecule has 1 aromatic rings.